The van der Waals surface area contributed by atoms with Gasteiger partial charge in [-0.15, -0.1) is 0 Å². The average molecular weight is 364 g/mol. The normalized spacial score (nSPS) is 12.7. The zero-order valence-electron chi connectivity index (χ0n) is 12.6. The van der Waals surface area contributed by atoms with Crippen LogP contribution in [-0.4, -0.2) is 24.6 Å². The Bertz CT molecular complexity index is 1080. The lowest BCUT2D eigenvalue weighted by molar-refractivity contribution is -0.115. The maximum atomic E-state index is 12.9. The fourth-order valence-corrected chi connectivity index (χ4v) is 4.36. The number of amides is 1. The second-order valence-electron chi connectivity index (χ2n) is 5.13. The molecule has 0 saturated heterocycles. The van der Waals surface area contributed by atoms with Crippen molar-refractivity contribution in [3.05, 3.63) is 59.1 Å². The molecule has 5 nitrogen and oxygen atoms in total. The molecule has 0 aliphatic rings. The van der Waals surface area contributed by atoms with Crippen molar-refractivity contribution in [2.75, 3.05) is 5.75 Å². The highest BCUT2D eigenvalue weighted by Gasteiger charge is 2.19. The molecule has 0 aliphatic carbocycles. The molecule has 0 saturated carbocycles. The molecule has 0 N–H and O–H groups in total. The van der Waals surface area contributed by atoms with E-state index in [0.717, 1.165) is 34.5 Å². The lowest BCUT2D eigenvalue weighted by Crippen LogP contribution is -2.19. The van der Waals surface area contributed by atoms with E-state index in [2.05, 4.69) is 4.99 Å². The van der Waals surface area contributed by atoms with Gasteiger partial charge in [0.05, 0.1) is 15.1 Å². The molecule has 2 aromatic carbocycles. The van der Waals surface area contributed by atoms with Crippen LogP contribution in [0.3, 0.4) is 0 Å². The molecule has 3 aromatic rings. The summed E-state index contributed by atoms with van der Waals surface area (Å²) in [4.78, 5) is 16.3. The van der Waals surface area contributed by atoms with Gasteiger partial charge in [0.2, 0.25) is 0 Å². The molecule has 124 valence electrons. The van der Waals surface area contributed by atoms with Crippen LogP contribution in [0, 0.1) is 5.82 Å². The second-order valence-corrected chi connectivity index (χ2v) is 8.13. The number of sulfone groups is 1. The van der Waals surface area contributed by atoms with Gasteiger partial charge in [-0.25, -0.2) is 12.8 Å². The molecule has 0 atom stereocenters. The summed E-state index contributed by atoms with van der Waals surface area (Å²) in [5, 5.41) is 0. The van der Waals surface area contributed by atoms with Crippen LogP contribution in [0.2, 0.25) is 0 Å². The van der Waals surface area contributed by atoms with E-state index in [4.69, 9.17) is 0 Å². The van der Waals surface area contributed by atoms with Crippen molar-refractivity contribution >= 4 is 37.3 Å². The van der Waals surface area contributed by atoms with Gasteiger partial charge in [-0.1, -0.05) is 23.5 Å². The predicted molar refractivity (Wildman–Crippen MR) is 89.8 cm³/mol. The summed E-state index contributed by atoms with van der Waals surface area (Å²) in [6.45, 7) is 0. The van der Waals surface area contributed by atoms with Crippen molar-refractivity contribution in [2.45, 2.75) is 4.90 Å². The summed E-state index contributed by atoms with van der Waals surface area (Å²) in [5.41, 5.74) is 0.912. The Balaban J connectivity index is 1.91. The molecule has 1 amide bonds. The summed E-state index contributed by atoms with van der Waals surface area (Å²) >= 11 is 1.31. The number of aromatic nitrogens is 1. The summed E-state index contributed by atoms with van der Waals surface area (Å²) < 4.78 is 40.0. The molecule has 1 heterocycles. The number of para-hydroxylation sites is 1. The van der Waals surface area contributed by atoms with Crippen LogP contribution in [0.15, 0.2) is 58.4 Å². The molecule has 24 heavy (non-hydrogen) atoms. The smallest absolute Gasteiger partial charge is 0.263 e. The van der Waals surface area contributed by atoms with Gasteiger partial charge in [0.1, 0.15) is 11.6 Å². The quantitative estimate of drug-likeness (QED) is 0.670. The third-order valence-electron chi connectivity index (χ3n) is 3.42. The van der Waals surface area contributed by atoms with E-state index in [9.17, 15) is 17.6 Å². The average Bonchev–Trinajstić information content (AvgIpc) is 2.84. The Morgan fingerprint density at radius 2 is 1.83 bits per heavy atom. The van der Waals surface area contributed by atoms with E-state index in [-0.39, 0.29) is 4.90 Å². The maximum absolute atomic E-state index is 12.9. The van der Waals surface area contributed by atoms with Crippen molar-refractivity contribution < 1.29 is 17.6 Å². The number of halogens is 1. The van der Waals surface area contributed by atoms with Crippen molar-refractivity contribution in [1.82, 2.24) is 4.57 Å². The number of carbonyl (C=O) groups is 1. The zero-order valence-corrected chi connectivity index (χ0v) is 14.3. The van der Waals surface area contributed by atoms with Crippen molar-refractivity contribution in [3.8, 4) is 0 Å². The van der Waals surface area contributed by atoms with Gasteiger partial charge in [-0.2, -0.15) is 4.99 Å². The van der Waals surface area contributed by atoms with Gasteiger partial charge in [0.25, 0.3) is 5.91 Å². The van der Waals surface area contributed by atoms with Crippen molar-refractivity contribution in [1.29, 1.82) is 0 Å². The summed E-state index contributed by atoms with van der Waals surface area (Å²) in [6.07, 6.45) is 0. The third kappa shape index (κ3) is 3.29. The molecule has 0 bridgehead atoms. The molecule has 1 aromatic heterocycles. The Kier molecular flexibility index (Phi) is 4.33. The number of nitrogens with zero attached hydrogens (tertiary/aromatic N) is 2. The lowest BCUT2D eigenvalue weighted by Gasteiger charge is -2.01. The molecule has 0 unspecified atom stereocenters. The number of hydrogen-bond acceptors (Lipinski definition) is 4. The molecular formula is C16H13FN2O3S2. The first-order chi connectivity index (χ1) is 11.4. The minimum absolute atomic E-state index is 0.104. The molecule has 0 aliphatic heterocycles. The van der Waals surface area contributed by atoms with E-state index in [0.29, 0.717) is 4.80 Å². The van der Waals surface area contributed by atoms with Crippen molar-refractivity contribution in [3.63, 3.8) is 0 Å². The summed E-state index contributed by atoms with van der Waals surface area (Å²) in [7, 11) is -2.09. The van der Waals surface area contributed by atoms with Crippen molar-refractivity contribution in [2.24, 2.45) is 12.0 Å². The zero-order chi connectivity index (χ0) is 17.3. The number of thiazole rings is 1. The molecular weight excluding hydrogens is 351 g/mol. The van der Waals surface area contributed by atoms with Crippen LogP contribution in [-0.2, 0) is 21.7 Å². The fourth-order valence-electron chi connectivity index (χ4n) is 2.22. The highest BCUT2D eigenvalue weighted by molar-refractivity contribution is 7.92. The van der Waals surface area contributed by atoms with E-state index >= 15 is 0 Å². The SMILES string of the molecule is Cn1c(=NC(=O)CS(=O)(=O)c2ccc(F)cc2)sc2ccccc21. The topological polar surface area (TPSA) is 68.5 Å². The number of benzene rings is 2. The van der Waals surface area contributed by atoms with Gasteiger partial charge in [-0.3, -0.25) is 4.79 Å². The lowest BCUT2D eigenvalue weighted by atomic mass is 10.3. The van der Waals surface area contributed by atoms with Gasteiger partial charge < -0.3 is 4.57 Å². The highest BCUT2D eigenvalue weighted by Crippen LogP contribution is 2.15. The van der Waals surface area contributed by atoms with Crippen LogP contribution in [0.5, 0.6) is 0 Å². The highest BCUT2D eigenvalue weighted by atomic mass is 32.2. The van der Waals surface area contributed by atoms with E-state index in [1.165, 1.54) is 11.3 Å². The predicted octanol–water partition coefficient (Wildman–Crippen LogP) is 2.28. The maximum Gasteiger partial charge on any atom is 0.263 e. The first-order valence-corrected chi connectivity index (χ1v) is 9.44. The first-order valence-electron chi connectivity index (χ1n) is 6.97. The molecule has 0 spiro atoms. The Hall–Kier alpha value is -2.32. The first kappa shape index (κ1) is 16.5. The van der Waals surface area contributed by atoms with Crippen LogP contribution in [0.4, 0.5) is 4.39 Å². The van der Waals surface area contributed by atoms with Crippen LogP contribution in [0.25, 0.3) is 10.2 Å². The van der Waals surface area contributed by atoms with Gasteiger partial charge in [0, 0.05) is 7.05 Å². The van der Waals surface area contributed by atoms with Gasteiger partial charge in [-0.05, 0) is 36.4 Å². The molecule has 0 radical (unpaired) electrons. The molecule has 0 fully saturated rings. The third-order valence-corrected chi connectivity index (χ3v) is 6.15. The largest absolute Gasteiger partial charge is 0.319 e. The second kappa shape index (κ2) is 6.29. The minimum atomic E-state index is -3.85. The summed E-state index contributed by atoms with van der Waals surface area (Å²) in [6, 6.07) is 11.9. The standard InChI is InChI=1S/C16H13FN2O3S2/c1-19-13-4-2-3-5-14(13)23-16(19)18-15(20)10-24(21,22)12-8-6-11(17)7-9-12/h2-9H,10H2,1H3. The number of hydrogen-bond donors (Lipinski definition) is 0. The minimum Gasteiger partial charge on any atom is -0.319 e. The summed E-state index contributed by atoms with van der Waals surface area (Å²) in [5.74, 6) is -2.06. The number of fused-ring (bicyclic) bond motifs is 1. The number of carbonyl (C=O) groups excluding carboxylic acids is 1. The van der Waals surface area contributed by atoms with Crippen LogP contribution >= 0.6 is 11.3 Å². The Morgan fingerprint density at radius 1 is 1.17 bits per heavy atom. The van der Waals surface area contributed by atoms with Gasteiger partial charge >= 0.3 is 0 Å². The molecule has 3 rings (SSSR count). The number of aryl methyl sites for hydroxylation is 1. The van der Waals surface area contributed by atoms with E-state index in [1.807, 2.05) is 24.3 Å². The van der Waals surface area contributed by atoms with E-state index < -0.39 is 27.3 Å². The van der Waals surface area contributed by atoms with Crippen LogP contribution < -0.4 is 4.80 Å². The van der Waals surface area contributed by atoms with E-state index in [1.54, 1.807) is 11.6 Å². The Morgan fingerprint density at radius 3 is 2.50 bits per heavy atom. The number of rotatable bonds is 3. The fraction of sp³-hybridized carbons (Fsp3) is 0.125. The van der Waals surface area contributed by atoms with Crippen LogP contribution in [0.1, 0.15) is 0 Å². The van der Waals surface area contributed by atoms with Gasteiger partial charge in [0.15, 0.2) is 14.6 Å². The molecule has 8 heteroatoms. The monoisotopic (exact) mass is 364 g/mol. The Labute approximate surface area is 141 Å².